The lowest BCUT2D eigenvalue weighted by Gasteiger charge is -2.33. The van der Waals surface area contributed by atoms with Gasteiger partial charge in [-0.15, -0.1) is 0 Å². The third-order valence-corrected chi connectivity index (χ3v) is 5.18. The van der Waals surface area contributed by atoms with Gasteiger partial charge in [0, 0.05) is 11.8 Å². The standard InChI is InChI=1S/C22H24O6/c1-25-18-6-5-13(8-19(18)26-2)22-16-10-21(28-4)20(27-3)9-14(16)7-15(11-23)17(22)12-24/h5-11,17,22,24H,12H2,1-4H3/t17-,22-/m0/s1. The molecule has 6 nitrogen and oxygen atoms in total. The minimum atomic E-state index is -0.388. The van der Waals surface area contributed by atoms with Gasteiger partial charge < -0.3 is 24.1 Å². The first-order chi connectivity index (χ1) is 13.6. The fraction of sp³-hybridized carbons (Fsp3) is 0.318. The Morgan fingerprint density at radius 1 is 0.893 bits per heavy atom. The van der Waals surface area contributed by atoms with E-state index in [0.717, 1.165) is 23.0 Å². The van der Waals surface area contributed by atoms with Gasteiger partial charge in [0.2, 0.25) is 0 Å². The van der Waals surface area contributed by atoms with Crippen LogP contribution in [0.1, 0.15) is 22.6 Å². The predicted octanol–water partition coefficient (Wildman–Crippen LogP) is 3.06. The number of methoxy groups -OCH3 is 4. The van der Waals surface area contributed by atoms with Crippen LogP contribution in [-0.4, -0.2) is 46.4 Å². The number of aliphatic hydroxyl groups is 1. The van der Waals surface area contributed by atoms with Crippen LogP contribution in [-0.2, 0) is 4.79 Å². The second kappa shape index (κ2) is 8.35. The van der Waals surface area contributed by atoms with E-state index in [1.807, 2.05) is 30.3 Å². The van der Waals surface area contributed by atoms with Crippen molar-refractivity contribution in [2.45, 2.75) is 5.92 Å². The number of hydrogen-bond donors (Lipinski definition) is 1. The Morgan fingerprint density at radius 2 is 1.50 bits per heavy atom. The molecular weight excluding hydrogens is 360 g/mol. The number of aldehydes is 1. The zero-order valence-electron chi connectivity index (χ0n) is 16.4. The molecule has 0 unspecified atom stereocenters. The van der Waals surface area contributed by atoms with Gasteiger partial charge in [-0.25, -0.2) is 0 Å². The monoisotopic (exact) mass is 384 g/mol. The second-order valence-corrected chi connectivity index (χ2v) is 6.48. The molecule has 0 heterocycles. The first-order valence-electron chi connectivity index (χ1n) is 8.87. The molecule has 0 spiro atoms. The summed E-state index contributed by atoms with van der Waals surface area (Å²) in [5, 5.41) is 10.1. The summed E-state index contributed by atoms with van der Waals surface area (Å²) >= 11 is 0. The van der Waals surface area contributed by atoms with Crippen molar-refractivity contribution in [1.29, 1.82) is 0 Å². The van der Waals surface area contributed by atoms with Crippen molar-refractivity contribution in [2.75, 3.05) is 35.0 Å². The molecule has 1 aliphatic rings. The summed E-state index contributed by atoms with van der Waals surface area (Å²) in [5.41, 5.74) is 3.22. The summed E-state index contributed by atoms with van der Waals surface area (Å²) < 4.78 is 21.6. The summed E-state index contributed by atoms with van der Waals surface area (Å²) in [6.45, 7) is -0.169. The molecule has 0 bridgehead atoms. The lowest BCUT2D eigenvalue weighted by atomic mass is 9.72. The zero-order valence-corrected chi connectivity index (χ0v) is 16.4. The molecule has 1 N–H and O–H groups in total. The maximum absolute atomic E-state index is 11.7. The van der Waals surface area contributed by atoms with Crippen molar-refractivity contribution < 1.29 is 28.8 Å². The Morgan fingerprint density at radius 3 is 2.07 bits per heavy atom. The van der Waals surface area contributed by atoms with Crippen LogP contribution in [0, 0.1) is 5.92 Å². The van der Waals surface area contributed by atoms with Crippen LogP contribution in [0.2, 0.25) is 0 Å². The van der Waals surface area contributed by atoms with Crippen LogP contribution in [0.25, 0.3) is 6.08 Å². The molecule has 2 atom stereocenters. The van der Waals surface area contributed by atoms with Crippen LogP contribution in [0.5, 0.6) is 23.0 Å². The van der Waals surface area contributed by atoms with E-state index >= 15 is 0 Å². The van der Waals surface area contributed by atoms with E-state index in [-0.39, 0.29) is 18.4 Å². The lowest BCUT2D eigenvalue weighted by molar-refractivity contribution is -0.105. The van der Waals surface area contributed by atoms with Gasteiger partial charge >= 0.3 is 0 Å². The van der Waals surface area contributed by atoms with E-state index in [0.29, 0.717) is 28.6 Å². The van der Waals surface area contributed by atoms with Crippen molar-refractivity contribution >= 4 is 12.4 Å². The minimum absolute atomic E-state index is 0.169. The molecule has 0 fully saturated rings. The molecule has 0 aromatic heterocycles. The first kappa shape index (κ1) is 19.8. The number of ether oxygens (including phenoxy) is 4. The minimum Gasteiger partial charge on any atom is -0.493 e. The molecule has 0 amide bonds. The molecule has 0 aliphatic heterocycles. The summed E-state index contributed by atoms with van der Waals surface area (Å²) in [5.74, 6) is 1.72. The molecule has 28 heavy (non-hydrogen) atoms. The second-order valence-electron chi connectivity index (χ2n) is 6.48. The number of carbonyl (C=O) groups excluding carboxylic acids is 1. The topological polar surface area (TPSA) is 74.2 Å². The molecule has 148 valence electrons. The Hall–Kier alpha value is -2.99. The van der Waals surface area contributed by atoms with Gasteiger partial charge in [-0.1, -0.05) is 6.07 Å². The Bertz CT molecular complexity index is 902. The molecule has 0 saturated heterocycles. The smallest absolute Gasteiger partial charge is 0.161 e. The number of rotatable bonds is 7. The number of fused-ring (bicyclic) bond motifs is 1. The molecule has 2 aromatic carbocycles. The fourth-order valence-electron chi connectivity index (χ4n) is 3.79. The number of aliphatic hydroxyl groups excluding tert-OH is 1. The highest BCUT2D eigenvalue weighted by molar-refractivity contribution is 5.86. The maximum Gasteiger partial charge on any atom is 0.161 e. The van der Waals surface area contributed by atoms with Crippen molar-refractivity contribution in [1.82, 2.24) is 0 Å². The maximum atomic E-state index is 11.7. The van der Waals surface area contributed by atoms with E-state index < -0.39 is 0 Å². The van der Waals surface area contributed by atoms with Gasteiger partial charge in [0.1, 0.15) is 6.29 Å². The number of benzene rings is 2. The van der Waals surface area contributed by atoms with Gasteiger partial charge in [-0.3, -0.25) is 4.79 Å². The number of carbonyl (C=O) groups is 1. The van der Waals surface area contributed by atoms with Crippen molar-refractivity contribution in [3.63, 3.8) is 0 Å². The summed E-state index contributed by atoms with van der Waals surface area (Å²) in [4.78, 5) is 11.7. The van der Waals surface area contributed by atoms with E-state index in [1.54, 1.807) is 34.5 Å². The van der Waals surface area contributed by atoms with Crippen molar-refractivity contribution in [3.05, 3.63) is 52.6 Å². The molecule has 2 aromatic rings. The third kappa shape index (κ3) is 3.31. The summed E-state index contributed by atoms with van der Waals surface area (Å²) in [6, 6.07) is 9.36. The Labute approximate surface area is 164 Å². The van der Waals surface area contributed by atoms with Gasteiger partial charge in [0.15, 0.2) is 23.0 Å². The number of hydrogen-bond acceptors (Lipinski definition) is 6. The van der Waals surface area contributed by atoms with Crippen LogP contribution >= 0.6 is 0 Å². The van der Waals surface area contributed by atoms with Crippen LogP contribution in [0.4, 0.5) is 0 Å². The predicted molar refractivity (Wildman–Crippen MR) is 106 cm³/mol. The van der Waals surface area contributed by atoms with Gasteiger partial charge in [0.05, 0.1) is 35.0 Å². The molecule has 0 radical (unpaired) electrons. The summed E-state index contributed by atoms with van der Waals surface area (Å²) in [7, 11) is 6.30. The quantitative estimate of drug-likeness (QED) is 0.740. The van der Waals surface area contributed by atoms with Crippen LogP contribution in [0.3, 0.4) is 0 Å². The molecule has 0 saturated carbocycles. The fourth-order valence-corrected chi connectivity index (χ4v) is 3.79. The SMILES string of the molecule is COc1ccc([C@H]2c3cc(OC)c(OC)cc3C=C(C=O)[C@@H]2CO)cc1OC. The van der Waals surface area contributed by atoms with Crippen LogP contribution in [0.15, 0.2) is 35.9 Å². The Kier molecular flexibility index (Phi) is 5.90. The Balaban J connectivity index is 2.24. The van der Waals surface area contributed by atoms with Crippen molar-refractivity contribution in [2.24, 2.45) is 5.92 Å². The van der Waals surface area contributed by atoms with E-state index in [4.69, 9.17) is 18.9 Å². The third-order valence-electron chi connectivity index (χ3n) is 5.18. The van der Waals surface area contributed by atoms with Crippen LogP contribution < -0.4 is 18.9 Å². The van der Waals surface area contributed by atoms with Gasteiger partial charge in [-0.05, 0) is 52.6 Å². The van der Waals surface area contributed by atoms with Crippen molar-refractivity contribution in [3.8, 4) is 23.0 Å². The molecule has 6 heteroatoms. The average Bonchev–Trinajstić information content (AvgIpc) is 2.75. The normalized spacial score (nSPS) is 18.0. The van der Waals surface area contributed by atoms with E-state index in [9.17, 15) is 9.90 Å². The lowest BCUT2D eigenvalue weighted by Crippen LogP contribution is -2.25. The van der Waals surface area contributed by atoms with Gasteiger partial charge in [-0.2, -0.15) is 0 Å². The largest absolute Gasteiger partial charge is 0.493 e. The first-order valence-corrected chi connectivity index (χ1v) is 8.87. The molecule has 1 aliphatic carbocycles. The highest BCUT2D eigenvalue weighted by Gasteiger charge is 2.34. The van der Waals surface area contributed by atoms with Gasteiger partial charge in [0.25, 0.3) is 0 Å². The molecular formula is C22H24O6. The summed E-state index contributed by atoms with van der Waals surface area (Å²) in [6.07, 6.45) is 2.59. The highest BCUT2D eigenvalue weighted by atomic mass is 16.5. The zero-order chi connectivity index (χ0) is 20.3. The van der Waals surface area contributed by atoms with E-state index in [2.05, 4.69) is 0 Å². The highest BCUT2D eigenvalue weighted by Crippen LogP contribution is 2.47. The molecule has 3 rings (SSSR count). The average molecular weight is 384 g/mol. The van der Waals surface area contributed by atoms with E-state index in [1.165, 1.54) is 0 Å².